The molecule has 0 aliphatic carbocycles. The fourth-order valence-electron chi connectivity index (χ4n) is 2.22. The van der Waals surface area contributed by atoms with Crippen molar-refractivity contribution in [1.29, 1.82) is 0 Å². The van der Waals surface area contributed by atoms with Crippen LogP contribution in [0.5, 0.6) is 0 Å². The number of hydrogen-bond donors (Lipinski definition) is 1. The lowest BCUT2D eigenvalue weighted by molar-refractivity contribution is -0.132. The molecule has 0 bridgehead atoms. The Morgan fingerprint density at radius 3 is 2.17 bits per heavy atom. The molecular weight excluding hydrogens is 226 g/mol. The molecule has 0 aromatic carbocycles. The first-order chi connectivity index (χ1) is 8.77. The molecule has 1 amide bonds. The Morgan fingerprint density at radius 2 is 1.67 bits per heavy atom. The van der Waals surface area contributed by atoms with Crippen LogP contribution in [0, 0.1) is 0 Å². The van der Waals surface area contributed by atoms with Gasteiger partial charge in [0.15, 0.2) is 0 Å². The van der Waals surface area contributed by atoms with Crippen LogP contribution in [0.2, 0.25) is 0 Å². The molecule has 4 heteroatoms. The minimum Gasteiger partial charge on any atom is -0.342 e. The zero-order valence-corrected chi connectivity index (χ0v) is 12.1. The molecule has 1 aliphatic heterocycles. The molecule has 1 rings (SSSR count). The van der Waals surface area contributed by atoms with Crippen molar-refractivity contribution in [1.82, 2.24) is 15.1 Å². The van der Waals surface area contributed by atoms with E-state index in [0.717, 1.165) is 65.0 Å². The molecule has 0 aromatic rings. The molecule has 1 N–H and O–H groups in total. The number of carbonyl (C=O) groups is 1. The van der Waals surface area contributed by atoms with E-state index in [1.807, 2.05) is 0 Å². The number of nitrogens with one attached hydrogen (secondary N) is 1. The van der Waals surface area contributed by atoms with Gasteiger partial charge >= 0.3 is 0 Å². The number of amides is 1. The van der Waals surface area contributed by atoms with E-state index in [0.29, 0.717) is 12.5 Å². The zero-order valence-electron chi connectivity index (χ0n) is 12.1. The van der Waals surface area contributed by atoms with Crippen LogP contribution in [0.25, 0.3) is 0 Å². The fraction of sp³-hybridized carbons (Fsp3) is 0.929. The summed E-state index contributed by atoms with van der Waals surface area (Å²) in [6.45, 7) is 10.9. The Labute approximate surface area is 112 Å². The third-order valence-corrected chi connectivity index (χ3v) is 3.48. The van der Waals surface area contributed by atoms with Crippen LogP contribution < -0.4 is 5.32 Å². The van der Waals surface area contributed by atoms with Crippen molar-refractivity contribution in [2.45, 2.75) is 39.5 Å². The Bertz CT molecular complexity index is 219. The summed E-state index contributed by atoms with van der Waals surface area (Å²) in [5.41, 5.74) is 0. The van der Waals surface area contributed by atoms with Gasteiger partial charge in [-0.3, -0.25) is 9.69 Å². The molecule has 1 fully saturated rings. The standard InChI is InChI=1S/C14H29N3O/c1-3-5-9-17(10-6-4-2)14(18)13-16-11-7-15-8-12-16/h15H,3-13H2,1-2H3. The van der Waals surface area contributed by atoms with Crippen molar-refractivity contribution in [3.05, 3.63) is 0 Å². The van der Waals surface area contributed by atoms with Gasteiger partial charge in [-0.1, -0.05) is 26.7 Å². The van der Waals surface area contributed by atoms with Gasteiger partial charge in [0.2, 0.25) is 5.91 Å². The Morgan fingerprint density at radius 1 is 1.11 bits per heavy atom. The summed E-state index contributed by atoms with van der Waals surface area (Å²) in [6.07, 6.45) is 4.56. The van der Waals surface area contributed by atoms with Gasteiger partial charge in [0, 0.05) is 39.3 Å². The zero-order chi connectivity index (χ0) is 13.2. The number of nitrogens with zero attached hydrogens (tertiary/aromatic N) is 2. The van der Waals surface area contributed by atoms with Crippen LogP contribution >= 0.6 is 0 Å². The van der Waals surface area contributed by atoms with E-state index in [4.69, 9.17) is 0 Å². The molecule has 1 heterocycles. The molecule has 106 valence electrons. The van der Waals surface area contributed by atoms with E-state index < -0.39 is 0 Å². The summed E-state index contributed by atoms with van der Waals surface area (Å²) in [7, 11) is 0. The van der Waals surface area contributed by atoms with Gasteiger partial charge in [-0.15, -0.1) is 0 Å². The third-order valence-electron chi connectivity index (χ3n) is 3.48. The Kier molecular flexibility index (Phi) is 8.01. The van der Waals surface area contributed by atoms with Crippen molar-refractivity contribution in [3.8, 4) is 0 Å². The maximum absolute atomic E-state index is 12.3. The van der Waals surface area contributed by atoms with E-state index >= 15 is 0 Å². The van der Waals surface area contributed by atoms with Crippen molar-refractivity contribution in [2.24, 2.45) is 0 Å². The van der Waals surface area contributed by atoms with Crippen molar-refractivity contribution in [3.63, 3.8) is 0 Å². The van der Waals surface area contributed by atoms with Gasteiger partial charge in [-0.05, 0) is 12.8 Å². The predicted octanol–water partition coefficient (Wildman–Crippen LogP) is 1.32. The van der Waals surface area contributed by atoms with E-state index in [-0.39, 0.29) is 0 Å². The molecule has 0 spiro atoms. The van der Waals surface area contributed by atoms with Crippen molar-refractivity contribution >= 4 is 5.91 Å². The van der Waals surface area contributed by atoms with Crippen molar-refractivity contribution in [2.75, 3.05) is 45.8 Å². The average Bonchev–Trinajstić information content (AvgIpc) is 2.40. The first kappa shape index (κ1) is 15.4. The quantitative estimate of drug-likeness (QED) is 0.710. The van der Waals surface area contributed by atoms with Crippen LogP contribution in [-0.2, 0) is 4.79 Å². The summed E-state index contributed by atoms with van der Waals surface area (Å²) in [6, 6.07) is 0. The SMILES string of the molecule is CCCCN(CCCC)C(=O)CN1CCNCC1. The highest BCUT2D eigenvalue weighted by Crippen LogP contribution is 2.02. The number of hydrogen-bond acceptors (Lipinski definition) is 3. The number of carbonyl (C=O) groups excluding carboxylic acids is 1. The molecule has 0 saturated carbocycles. The molecule has 0 atom stereocenters. The van der Waals surface area contributed by atoms with E-state index in [9.17, 15) is 4.79 Å². The van der Waals surface area contributed by atoms with Gasteiger partial charge in [0.25, 0.3) is 0 Å². The number of unbranched alkanes of at least 4 members (excludes halogenated alkanes) is 2. The van der Waals surface area contributed by atoms with Gasteiger partial charge in [-0.25, -0.2) is 0 Å². The molecular formula is C14H29N3O. The lowest BCUT2D eigenvalue weighted by atomic mass is 10.2. The topological polar surface area (TPSA) is 35.6 Å². The van der Waals surface area contributed by atoms with E-state index in [2.05, 4.69) is 29.0 Å². The smallest absolute Gasteiger partial charge is 0.236 e. The van der Waals surface area contributed by atoms with Crippen LogP contribution in [-0.4, -0.2) is 61.5 Å². The van der Waals surface area contributed by atoms with Crippen LogP contribution in [0.15, 0.2) is 0 Å². The van der Waals surface area contributed by atoms with Gasteiger partial charge in [0.1, 0.15) is 0 Å². The molecule has 18 heavy (non-hydrogen) atoms. The monoisotopic (exact) mass is 255 g/mol. The molecule has 0 unspecified atom stereocenters. The molecule has 1 aliphatic rings. The van der Waals surface area contributed by atoms with Gasteiger partial charge in [0.05, 0.1) is 6.54 Å². The van der Waals surface area contributed by atoms with Crippen LogP contribution in [0.4, 0.5) is 0 Å². The Balaban J connectivity index is 2.35. The first-order valence-corrected chi connectivity index (χ1v) is 7.48. The second kappa shape index (κ2) is 9.34. The van der Waals surface area contributed by atoms with Crippen LogP contribution in [0.3, 0.4) is 0 Å². The highest BCUT2D eigenvalue weighted by atomic mass is 16.2. The van der Waals surface area contributed by atoms with Crippen LogP contribution in [0.1, 0.15) is 39.5 Å². The lowest BCUT2D eigenvalue weighted by Crippen LogP contribution is -2.48. The maximum atomic E-state index is 12.3. The minimum atomic E-state index is 0.318. The first-order valence-electron chi connectivity index (χ1n) is 7.48. The second-order valence-electron chi connectivity index (χ2n) is 5.11. The molecule has 1 saturated heterocycles. The predicted molar refractivity (Wildman–Crippen MR) is 75.7 cm³/mol. The summed E-state index contributed by atoms with van der Waals surface area (Å²) in [5.74, 6) is 0.318. The summed E-state index contributed by atoms with van der Waals surface area (Å²) in [5, 5.41) is 3.32. The van der Waals surface area contributed by atoms with E-state index in [1.165, 1.54) is 0 Å². The highest BCUT2D eigenvalue weighted by molar-refractivity contribution is 5.78. The minimum absolute atomic E-state index is 0.318. The summed E-state index contributed by atoms with van der Waals surface area (Å²) >= 11 is 0. The molecule has 4 nitrogen and oxygen atoms in total. The average molecular weight is 255 g/mol. The van der Waals surface area contributed by atoms with Gasteiger partial charge < -0.3 is 10.2 Å². The normalized spacial score (nSPS) is 16.8. The summed E-state index contributed by atoms with van der Waals surface area (Å²) < 4.78 is 0. The summed E-state index contributed by atoms with van der Waals surface area (Å²) in [4.78, 5) is 16.6. The fourth-order valence-corrected chi connectivity index (χ4v) is 2.22. The maximum Gasteiger partial charge on any atom is 0.236 e. The lowest BCUT2D eigenvalue weighted by Gasteiger charge is -2.30. The number of rotatable bonds is 8. The molecule has 0 aromatic heterocycles. The van der Waals surface area contributed by atoms with Crippen molar-refractivity contribution < 1.29 is 4.79 Å². The Hall–Kier alpha value is -0.610. The van der Waals surface area contributed by atoms with E-state index in [1.54, 1.807) is 0 Å². The van der Waals surface area contributed by atoms with Gasteiger partial charge in [-0.2, -0.15) is 0 Å². The number of piperazine rings is 1. The molecule has 0 radical (unpaired) electrons. The second-order valence-corrected chi connectivity index (χ2v) is 5.11. The highest BCUT2D eigenvalue weighted by Gasteiger charge is 2.17. The third kappa shape index (κ3) is 5.83. The largest absolute Gasteiger partial charge is 0.342 e.